The van der Waals surface area contributed by atoms with Gasteiger partial charge in [-0.1, -0.05) is 35.2 Å². The molecular formula is C21H25FN5OP. The van der Waals surface area contributed by atoms with Crippen molar-refractivity contribution < 1.29 is 9.18 Å². The van der Waals surface area contributed by atoms with Gasteiger partial charge in [0.25, 0.3) is 11.7 Å². The number of hydrogen-bond donors (Lipinski definition) is 0. The second-order valence-electron chi connectivity index (χ2n) is 8.20. The maximum atomic E-state index is 15.3. The topological polar surface area (TPSA) is 63.4 Å². The summed E-state index contributed by atoms with van der Waals surface area (Å²) in [7, 11) is 2.29. The number of alkyl halides is 1. The van der Waals surface area contributed by atoms with Crippen LogP contribution in [0.25, 0.3) is 5.78 Å². The van der Waals surface area contributed by atoms with Crippen LogP contribution in [0.1, 0.15) is 59.4 Å². The molecule has 3 aromatic rings. The largest absolute Gasteiger partial charge is 0.334 e. The van der Waals surface area contributed by atoms with Crippen LogP contribution in [0.3, 0.4) is 0 Å². The fourth-order valence-electron chi connectivity index (χ4n) is 4.00. The number of carbonyl (C=O) groups excluding carboxylic acids is 1. The van der Waals surface area contributed by atoms with Gasteiger partial charge in [0.05, 0.1) is 12.2 Å². The molecule has 0 bridgehead atoms. The molecular weight excluding hydrogens is 388 g/mol. The van der Waals surface area contributed by atoms with E-state index < -0.39 is 5.41 Å². The van der Waals surface area contributed by atoms with Crippen LogP contribution in [0.5, 0.6) is 0 Å². The van der Waals surface area contributed by atoms with Crippen molar-refractivity contribution in [3.05, 3.63) is 59.2 Å². The van der Waals surface area contributed by atoms with Crippen LogP contribution in [0.4, 0.5) is 4.39 Å². The van der Waals surface area contributed by atoms with E-state index in [9.17, 15) is 4.79 Å². The van der Waals surface area contributed by atoms with Crippen molar-refractivity contribution in [1.82, 2.24) is 24.5 Å². The number of likely N-dealkylation sites (tertiary alicyclic amines) is 1. The molecule has 0 N–H and O–H groups in total. The van der Waals surface area contributed by atoms with Crippen molar-refractivity contribution in [2.75, 3.05) is 13.1 Å². The number of piperidine rings is 1. The van der Waals surface area contributed by atoms with Crippen molar-refractivity contribution in [3.63, 3.8) is 0 Å². The molecule has 3 unspecified atom stereocenters. The Hall–Kier alpha value is -2.40. The van der Waals surface area contributed by atoms with Crippen LogP contribution < -0.4 is 0 Å². The quantitative estimate of drug-likeness (QED) is 0.614. The molecule has 4 rings (SSSR count). The molecule has 0 aliphatic carbocycles. The highest BCUT2D eigenvalue weighted by atomic mass is 31.0. The minimum atomic E-state index is -1.57. The monoisotopic (exact) mass is 413 g/mol. The summed E-state index contributed by atoms with van der Waals surface area (Å²) in [6, 6.07) is 9.51. The first-order chi connectivity index (χ1) is 13.7. The Bertz CT molecular complexity index is 1060. The van der Waals surface area contributed by atoms with Crippen molar-refractivity contribution in [2.45, 2.75) is 44.4 Å². The molecule has 3 heterocycles. The molecule has 1 fully saturated rings. The van der Waals surface area contributed by atoms with Gasteiger partial charge in [-0.3, -0.25) is 4.79 Å². The third-order valence-corrected chi connectivity index (χ3v) is 5.81. The van der Waals surface area contributed by atoms with E-state index in [-0.39, 0.29) is 24.8 Å². The van der Waals surface area contributed by atoms with E-state index in [4.69, 9.17) is 0 Å². The lowest BCUT2D eigenvalue weighted by molar-refractivity contribution is 0.0543. The minimum absolute atomic E-state index is 0.0451. The maximum Gasteiger partial charge on any atom is 0.254 e. The Morgan fingerprint density at radius 3 is 2.90 bits per heavy atom. The Kier molecular flexibility index (Phi) is 5.11. The molecule has 1 aliphatic rings. The Morgan fingerprint density at radius 2 is 2.14 bits per heavy atom. The van der Waals surface area contributed by atoms with Gasteiger partial charge in [0.2, 0.25) is 0 Å². The number of nitrogens with zero attached hydrogens (tertiary/aromatic N) is 5. The summed E-state index contributed by atoms with van der Waals surface area (Å²) in [4.78, 5) is 23.4. The number of halogens is 1. The van der Waals surface area contributed by atoms with Gasteiger partial charge in [-0.05, 0) is 43.0 Å². The lowest BCUT2D eigenvalue weighted by atomic mass is 9.91. The zero-order valence-electron chi connectivity index (χ0n) is 16.8. The average molecular weight is 413 g/mol. The van der Waals surface area contributed by atoms with E-state index in [1.165, 1.54) is 6.33 Å². The average Bonchev–Trinajstić information content (AvgIpc) is 3.13. The van der Waals surface area contributed by atoms with Crippen LogP contribution >= 0.6 is 9.24 Å². The predicted molar refractivity (Wildman–Crippen MR) is 113 cm³/mol. The number of fused-ring (bicyclic) bond motifs is 1. The van der Waals surface area contributed by atoms with E-state index in [1.54, 1.807) is 15.5 Å². The van der Waals surface area contributed by atoms with E-state index in [0.29, 0.717) is 23.8 Å². The molecule has 0 radical (unpaired) electrons. The Labute approximate surface area is 171 Å². The van der Waals surface area contributed by atoms with Crippen LogP contribution in [0.2, 0.25) is 0 Å². The molecule has 0 spiro atoms. The van der Waals surface area contributed by atoms with Gasteiger partial charge in [0, 0.05) is 23.7 Å². The predicted octanol–water partition coefficient (Wildman–Crippen LogP) is 3.73. The molecule has 8 heteroatoms. The molecule has 6 nitrogen and oxygen atoms in total. The normalized spacial score (nSPS) is 22.4. The van der Waals surface area contributed by atoms with Gasteiger partial charge in [-0.25, -0.2) is 13.9 Å². The SMILES string of the molecule is Cc1cc(C2CN(C(=O)c3cccc(C(C)C)c3)CC(F)(P)C2)n2ncnc2n1. The molecule has 1 saturated heterocycles. The highest BCUT2D eigenvalue weighted by Crippen LogP contribution is 2.39. The molecule has 1 aliphatic heterocycles. The first kappa shape index (κ1) is 19.9. The number of aromatic nitrogens is 4. The van der Waals surface area contributed by atoms with Crippen LogP contribution in [-0.2, 0) is 0 Å². The van der Waals surface area contributed by atoms with E-state index in [0.717, 1.165) is 17.0 Å². The van der Waals surface area contributed by atoms with E-state index in [1.807, 2.05) is 31.2 Å². The van der Waals surface area contributed by atoms with Crippen molar-refractivity contribution >= 4 is 20.9 Å². The molecule has 152 valence electrons. The third-order valence-electron chi connectivity index (χ3n) is 5.39. The first-order valence-electron chi connectivity index (χ1n) is 9.78. The number of hydrogen-bond acceptors (Lipinski definition) is 4. The zero-order chi connectivity index (χ0) is 20.8. The van der Waals surface area contributed by atoms with Gasteiger partial charge < -0.3 is 4.90 Å². The number of benzene rings is 1. The summed E-state index contributed by atoms with van der Waals surface area (Å²) in [6.07, 6.45) is 1.73. The van der Waals surface area contributed by atoms with Crippen molar-refractivity contribution in [3.8, 4) is 0 Å². The van der Waals surface area contributed by atoms with Crippen LogP contribution in [0, 0.1) is 6.92 Å². The lowest BCUT2D eigenvalue weighted by Gasteiger charge is -2.40. The van der Waals surface area contributed by atoms with E-state index in [2.05, 4.69) is 38.2 Å². The van der Waals surface area contributed by atoms with Gasteiger partial charge in [0.15, 0.2) is 0 Å². The highest BCUT2D eigenvalue weighted by Gasteiger charge is 2.40. The molecule has 3 atom stereocenters. The summed E-state index contributed by atoms with van der Waals surface area (Å²) < 4.78 is 16.9. The fraction of sp³-hybridized carbons (Fsp3) is 0.429. The molecule has 1 amide bonds. The molecule has 2 aromatic heterocycles. The van der Waals surface area contributed by atoms with Gasteiger partial charge in [-0.15, -0.1) is 0 Å². The van der Waals surface area contributed by atoms with Crippen LogP contribution in [0.15, 0.2) is 36.7 Å². The summed E-state index contributed by atoms with van der Waals surface area (Å²) in [5, 5.41) is 2.68. The minimum Gasteiger partial charge on any atom is -0.334 e. The second-order valence-corrected chi connectivity index (χ2v) is 9.23. The number of rotatable bonds is 3. The molecule has 29 heavy (non-hydrogen) atoms. The zero-order valence-corrected chi connectivity index (χ0v) is 18.0. The number of aryl methyl sites for hydroxylation is 1. The standard InChI is InChI=1S/C21H25FN5OP/c1-13(2)15-5-4-6-16(8-15)19(28)26-10-17(9-21(22,29)11-26)18-7-14(3)25-20-23-12-24-27(18)20/h4-8,12-13,17H,9-11,29H2,1-3H3. The third kappa shape index (κ3) is 4.01. The van der Waals surface area contributed by atoms with Crippen molar-refractivity contribution in [2.24, 2.45) is 0 Å². The Balaban J connectivity index is 1.68. The highest BCUT2D eigenvalue weighted by molar-refractivity contribution is 7.18. The number of amides is 1. The summed E-state index contributed by atoms with van der Waals surface area (Å²) in [5.74, 6) is 0.442. The first-order valence-corrected chi connectivity index (χ1v) is 10.4. The summed E-state index contributed by atoms with van der Waals surface area (Å²) in [5.41, 5.74) is 3.30. The lowest BCUT2D eigenvalue weighted by Crippen LogP contribution is -2.48. The summed E-state index contributed by atoms with van der Waals surface area (Å²) in [6.45, 7) is 6.52. The van der Waals surface area contributed by atoms with Gasteiger partial charge >= 0.3 is 0 Å². The van der Waals surface area contributed by atoms with Gasteiger partial charge in [-0.2, -0.15) is 10.1 Å². The van der Waals surface area contributed by atoms with Crippen LogP contribution in [-0.4, -0.2) is 48.9 Å². The fourth-order valence-corrected chi connectivity index (χ4v) is 4.51. The summed E-state index contributed by atoms with van der Waals surface area (Å²) >= 11 is 0. The Morgan fingerprint density at radius 1 is 1.34 bits per heavy atom. The van der Waals surface area contributed by atoms with Gasteiger partial charge in [0.1, 0.15) is 11.7 Å². The number of carbonyl (C=O) groups is 1. The molecule has 1 aromatic carbocycles. The van der Waals surface area contributed by atoms with E-state index >= 15 is 4.39 Å². The smallest absolute Gasteiger partial charge is 0.254 e. The molecule has 0 saturated carbocycles. The second kappa shape index (κ2) is 7.45. The maximum absolute atomic E-state index is 15.3. The van der Waals surface area contributed by atoms with Crippen molar-refractivity contribution in [1.29, 1.82) is 0 Å².